The smallest absolute Gasteiger partial charge is 0.219 e. The summed E-state index contributed by atoms with van der Waals surface area (Å²) in [5, 5.41) is 30.3. The number of thiophene rings is 1. The average molecular weight is 283 g/mol. The summed E-state index contributed by atoms with van der Waals surface area (Å²) in [6.45, 7) is 0. The third-order valence-electron chi connectivity index (χ3n) is 2.26. The number of aromatic nitrogens is 1. The summed E-state index contributed by atoms with van der Waals surface area (Å²) in [4.78, 5) is 4.37. The maximum atomic E-state index is 10.6. The fourth-order valence-corrected chi connectivity index (χ4v) is 2.12. The number of methoxy groups -OCH3 is 1. The molecule has 0 bridgehead atoms. The number of hydrogen-bond donors (Lipinski definition) is 2. The fourth-order valence-electron chi connectivity index (χ4n) is 1.34. The Morgan fingerprint density at radius 1 is 1.42 bits per heavy atom. The molecule has 0 spiro atoms. The van der Waals surface area contributed by atoms with Crippen LogP contribution < -0.4 is 9.96 Å². The molecule has 0 aliphatic carbocycles. The van der Waals surface area contributed by atoms with Crippen molar-refractivity contribution in [3.63, 3.8) is 0 Å². The van der Waals surface area contributed by atoms with Crippen molar-refractivity contribution in [2.24, 2.45) is 0 Å². The molecule has 2 aromatic rings. The van der Waals surface area contributed by atoms with Crippen molar-refractivity contribution in [2.75, 3.05) is 12.3 Å². The van der Waals surface area contributed by atoms with E-state index in [1.54, 1.807) is 11.4 Å². The Morgan fingerprint density at radius 2 is 2.21 bits per heavy atom. The molecular formula is C11H11N2O5S-. The van der Waals surface area contributed by atoms with Gasteiger partial charge in [0.05, 0.1) is 11.9 Å². The zero-order valence-electron chi connectivity index (χ0n) is 9.89. The zero-order valence-corrected chi connectivity index (χ0v) is 10.7. The maximum absolute atomic E-state index is 10.6. The second kappa shape index (κ2) is 5.95. The quantitative estimate of drug-likeness (QED) is 0.641. The Morgan fingerprint density at radius 3 is 2.79 bits per heavy atom. The van der Waals surface area contributed by atoms with Crippen LogP contribution in [0.2, 0.25) is 0 Å². The molecule has 2 aromatic heterocycles. The summed E-state index contributed by atoms with van der Waals surface area (Å²) in [6, 6.07) is 4.45. The molecule has 2 heterocycles. The van der Waals surface area contributed by atoms with Crippen LogP contribution in [0.25, 0.3) is 0 Å². The summed E-state index contributed by atoms with van der Waals surface area (Å²) in [6.07, 6.45) is 0.102. The normalized spacial score (nSPS) is 12.2. The molecule has 0 aliphatic heterocycles. The van der Waals surface area contributed by atoms with Crippen LogP contribution in [0.3, 0.4) is 0 Å². The summed E-state index contributed by atoms with van der Waals surface area (Å²) in [7, 11) is 1.38. The molecule has 1 unspecified atom stereocenters. The van der Waals surface area contributed by atoms with Crippen molar-refractivity contribution in [1.82, 2.24) is 4.98 Å². The molecule has 2 N–H and O–H groups in total. The van der Waals surface area contributed by atoms with Gasteiger partial charge in [0, 0.05) is 13.2 Å². The van der Waals surface area contributed by atoms with Gasteiger partial charge in [0.15, 0.2) is 6.29 Å². The molecule has 8 heteroatoms. The number of ether oxygens (including phenoxy) is 2. The Balaban J connectivity index is 2.15. The Kier molecular flexibility index (Phi) is 4.30. The third kappa shape index (κ3) is 3.19. The van der Waals surface area contributed by atoms with Crippen molar-refractivity contribution >= 4 is 17.0 Å². The lowest BCUT2D eigenvalue weighted by molar-refractivity contribution is -0.0752. The SMILES string of the molecule is COC(O)c1sccc1Oc1ccc(N([O-])O)cn1. The van der Waals surface area contributed by atoms with Crippen LogP contribution in [0.5, 0.6) is 11.6 Å². The molecule has 19 heavy (non-hydrogen) atoms. The van der Waals surface area contributed by atoms with Crippen molar-refractivity contribution in [3.8, 4) is 11.6 Å². The highest BCUT2D eigenvalue weighted by Crippen LogP contribution is 2.34. The van der Waals surface area contributed by atoms with Crippen LogP contribution >= 0.6 is 11.3 Å². The zero-order chi connectivity index (χ0) is 13.8. The van der Waals surface area contributed by atoms with E-state index in [9.17, 15) is 10.3 Å². The van der Waals surface area contributed by atoms with E-state index in [4.69, 9.17) is 14.7 Å². The van der Waals surface area contributed by atoms with Gasteiger partial charge in [0.2, 0.25) is 5.88 Å². The predicted molar refractivity (Wildman–Crippen MR) is 68.2 cm³/mol. The van der Waals surface area contributed by atoms with Crippen molar-refractivity contribution < 1.29 is 19.8 Å². The number of hydrogen-bond acceptors (Lipinski definition) is 8. The lowest BCUT2D eigenvalue weighted by Gasteiger charge is -2.20. The summed E-state index contributed by atoms with van der Waals surface area (Å²) < 4.78 is 10.3. The van der Waals surface area contributed by atoms with Crippen LogP contribution in [0.15, 0.2) is 29.8 Å². The molecule has 102 valence electrons. The Bertz CT molecular complexity index is 528. The number of anilines is 1. The highest BCUT2D eigenvalue weighted by molar-refractivity contribution is 7.10. The van der Waals surface area contributed by atoms with Crippen LogP contribution in [-0.2, 0) is 4.74 Å². The summed E-state index contributed by atoms with van der Waals surface area (Å²) >= 11 is 1.28. The highest BCUT2D eigenvalue weighted by atomic mass is 32.1. The van der Waals surface area contributed by atoms with E-state index in [2.05, 4.69) is 4.98 Å². The standard InChI is InChI=1S/C11H11N2O5S/c1-17-11(14)10-8(4-5-19-10)18-9-3-2-7(6-12-9)13(15)16/h2-6,11,14-15H,1H3/q-1. The lowest BCUT2D eigenvalue weighted by Crippen LogP contribution is -2.07. The number of aliphatic hydroxyl groups is 1. The van der Waals surface area contributed by atoms with Gasteiger partial charge in [-0.1, -0.05) is 0 Å². The summed E-state index contributed by atoms with van der Waals surface area (Å²) in [5.74, 6) is 0.649. The van der Waals surface area contributed by atoms with Gasteiger partial charge in [-0.2, -0.15) is 0 Å². The van der Waals surface area contributed by atoms with Crippen LogP contribution in [0.1, 0.15) is 11.2 Å². The van der Waals surface area contributed by atoms with Gasteiger partial charge in [0.25, 0.3) is 0 Å². The van der Waals surface area contributed by atoms with Gasteiger partial charge in [-0.05, 0) is 17.5 Å². The van der Waals surface area contributed by atoms with E-state index >= 15 is 0 Å². The minimum atomic E-state index is -1.07. The molecule has 0 saturated heterocycles. The van der Waals surface area contributed by atoms with Crippen LogP contribution in [0, 0.1) is 5.21 Å². The van der Waals surface area contributed by atoms with E-state index < -0.39 is 6.29 Å². The van der Waals surface area contributed by atoms with Gasteiger partial charge in [-0.3, -0.25) is 5.21 Å². The first-order chi connectivity index (χ1) is 9.11. The van der Waals surface area contributed by atoms with E-state index in [0.717, 1.165) is 0 Å². The molecule has 0 amide bonds. The van der Waals surface area contributed by atoms with Crippen molar-refractivity contribution in [3.05, 3.63) is 39.9 Å². The second-order valence-corrected chi connectivity index (χ2v) is 4.41. The molecule has 0 aliphatic rings. The maximum Gasteiger partial charge on any atom is 0.219 e. The van der Waals surface area contributed by atoms with Gasteiger partial charge in [0.1, 0.15) is 10.6 Å². The Labute approximate surface area is 112 Å². The number of nitrogens with zero attached hydrogens (tertiary/aromatic N) is 2. The molecule has 0 aromatic carbocycles. The molecule has 2 rings (SSSR count). The molecule has 0 radical (unpaired) electrons. The fraction of sp³-hybridized carbons (Fsp3) is 0.182. The lowest BCUT2D eigenvalue weighted by atomic mass is 10.4. The molecule has 0 fully saturated rings. The van der Waals surface area contributed by atoms with Crippen molar-refractivity contribution in [2.45, 2.75) is 6.29 Å². The van der Waals surface area contributed by atoms with Gasteiger partial charge in [-0.15, -0.1) is 11.3 Å². The molecule has 7 nitrogen and oxygen atoms in total. The molecule has 1 atom stereocenters. The minimum Gasteiger partial charge on any atom is -0.733 e. The first-order valence-electron chi connectivity index (χ1n) is 5.20. The molecular weight excluding hydrogens is 272 g/mol. The molecule has 0 saturated carbocycles. The summed E-state index contributed by atoms with van der Waals surface area (Å²) in [5.41, 5.74) is -0.00480. The highest BCUT2D eigenvalue weighted by Gasteiger charge is 2.15. The number of aliphatic hydroxyl groups excluding tert-OH is 1. The van der Waals surface area contributed by atoms with Gasteiger partial charge < -0.3 is 25.0 Å². The predicted octanol–water partition coefficient (Wildman–Crippen LogP) is 2.27. The van der Waals surface area contributed by atoms with Gasteiger partial charge >= 0.3 is 0 Å². The van der Waals surface area contributed by atoms with E-state index in [0.29, 0.717) is 10.6 Å². The first-order valence-corrected chi connectivity index (χ1v) is 6.08. The van der Waals surface area contributed by atoms with Crippen LogP contribution in [0.4, 0.5) is 5.69 Å². The minimum absolute atomic E-state index is 0.00480. The van der Waals surface area contributed by atoms with Crippen LogP contribution in [-0.4, -0.2) is 22.4 Å². The van der Waals surface area contributed by atoms with Crippen molar-refractivity contribution in [1.29, 1.82) is 0 Å². The second-order valence-electron chi connectivity index (χ2n) is 3.47. The number of pyridine rings is 1. The Hall–Kier alpha value is -1.71. The topological polar surface area (TPSA) is 98.1 Å². The first kappa shape index (κ1) is 13.7. The largest absolute Gasteiger partial charge is 0.733 e. The average Bonchev–Trinajstić information content (AvgIpc) is 2.86. The van der Waals surface area contributed by atoms with E-state index in [1.165, 1.54) is 36.8 Å². The third-order valence-corrected chi connectivity index (χ3v) is 3.19. The number of rotatable bonds is 5. The van der Waals surface area contributed by atoms with Gasteiger partial charge in [-0.25, -0.2) is 4.98 Å². The van der Waals surface area contributed by atoms with E-state index in [1.807, 2.05) is 0 Å². The monoisotopic (exact) mass is 283 g/mol. The van der Waals surface area contributed by atoms with E-state index in [-0.39, 0.29) is 16.8 Å².